The van der Waals surface area contributed by atoms with Crippen LogP contribution in [0.15, 0.2) is 0 Å². The lowest BCUT2D eigenvalue weighted by molar-refractivity contribution is -0.141. The van der Waals surface area contributed by atoms with Crippen LogP contribution < -0.4 is 10.0 Å². The van der Waals surface area contributed by atoms with Gasteiger partial charge in [0.25, 0.3) is 0 Å². The van der Waals surface area contributed by atoms with Crippen molar-refractivity contribution in [3.8, 4) is 0 Å². The Labute approximate surface area is 130 Å². The molecule has 0 heterocycles. The first-order valence-corrected chi connectivity index (χ1v) is 8.96. The summed E-state index contributed by atoms with van der Waals surface area (Å²) in [6, 6.07) is -0.206. The fourth-order valence-corrected chi connectivity index (χ4v) is 3.07. The number of amides is 1. The minimum Gasteiger partial charge on any atom is -0.481 e. The predicted molar refractivity (Wildman–Crippen MR) is 79.8 cm³/mol. The second-order valence-corrected chi connectivity index (χ2v) is 7.60. The molecule has 0 unspecified atom stereocenters. The molecular weight excluding hydrogens is 312 g/mol. The van der Waals surface area contributed by atoms with Crippen LogP contribution in [0.3, 0.4) is 0 Å². The van der Waals surface area contributed by atoms with Gasteiger partial charge in [0.15, 0.2) is 0 Å². The molecule has 0 spiro atoms. The van der Waals surface area contributed by atoms with Gasteiger partial charge in [-0.15, -0.1) is 0 Å². The maximum Gasteiger partial charge on any atom is 0.306 e. The molecule has 0 bridgehead atoms. The van der Waals surface area contributed by atoms with Crippen LogP contribution in [0, 0.1) is 5.92 Å². The number of sulfonamides is 1. The highest BCUT2D eigenvalue weighted by molar-refractivity contribution is 7.89. The molecule has 1 amide bonds. The Bertz CT molecular complexity index is 491. The summed E-state index contributed by atoms with van der Waals surface area (Å²) in [4.78, 5) is 22.5. The van der Waals surface area contributed by atoms with Gasteiger partial charge in [-0.3, -0.25) is 9.59 Å². The number of carboxylic acids is 1. The van der Waals surface area contributed by atoms with Gasteiger partial charge in [0, 0.05) is 6.04 Å². The Morgan fingerprint density at radius 3 is 2.55 bits per heavy atom. The lowest BCUT2D eigenvalue weighted by atomic mass is 10.1. The molecular formula is C13H24N2O6S. The summed E-state index contributed by atoms with van der Waals surface area (Å²) in [7, 11) is -3.56. The average Bonchev–Trinajstić information content (AvgIpc) is 2.84. The summed E-state index contributed by atoms with van der Waals surface area (Å²) in [5.74, 6) is -1.95. The number of rotatable bonds is 9. The molecule has 22 heavy (non-hydrogen) atoms. The van der Waals surface area contributed by atoms with Crippen molar-refractivity contribution in [2.45, 2.75) is 45.3 Å². The SMILES string of the molecule is CC(C)OCCS(=O)(=O)NCC(=O)N[C@@H]1CC[C@H](C(=O)O)C1. The Morgan fingerprint density at radius 2 is 2.00 bits per heavy atom. The summed E-state index contributed by atoms with van der Waals surface area (Å²) >= 11 is 0. The summed E-state index contributed by atoms with van der Waals surface area (Å²) in [6.07, 6.45) is 1.45. The van der Waals surface area contributed by atoms with Crippen LogP contribution in [-0.2, 0) is 24.3 Å². The first-order chi connectivity index (χ1) is 10.2. The van der Waals surface area contributed by atoms with Gasteiger partial charge in [-0.2, -0.15) is 0 Å². The van der Waals surface area contributed by atoms with E-state index in [-0.39, 0.29) is 31.1 Å². The smallest absolute Gasteiger partial charge is 0.306 e. The number of carboxylic acid groups (broad SMARTS) is 1. The molecule has 1 saturated carbocycles. The van der Waals surface area contributed by atoms with Crippen molar-refractivity contribution in [3.05, 3.63) is 0 Å². The standard InChI is InChI=1S/C13H24N2O6S/c1-9(2)21-5-6-22(19,20)14-8-12(16)15-11-4-3-10(7-11)13(17)18/h9-11,14H,3-8H2,1-2H3,(H,15,16)(H,17,18)/t10-,11+/m0/s1. The van der Waals surface area contributed by atoms with E-state index in [1.165, 1.54) is 0 Å². The van der Waals surface area contributed by atoms with E-state index in [0.717, 1.165) is 0 Å². The number of hydrogen-bond donors (Lipinski definition) is 3. The molecule has 2 atom stereocenters. The van der Waals surface area contributed by atoms with Gasteiger partial charge in [0.05, 0.1) is 30.9 Å². The summed E-state index contributed by atoms with van der Waals surface area (Å²) < 4.78 is 30.6. The van der Waals surface area contributed by atoms with E-state index < -0.39 is 27.8 Å². The predicted octanol–water partition coefficient (Wildman–Crippen LogP) is -0.300. The Balaban J connectivity index is 2.26. The summed E-state index contributed by atoms with van der Waals surface area (Å²) in [6.45, 7) is 3.33. The van der Waals surface area contributed by atoms with Crippen LogP contribution in [0.5, 0.6) is 0 Å². The lowest BCUT2D eigenvalue weighted by Crippen LogP contribution is -2.42. The molecule has 9 heteroatoms. The van der Waals surface area contributed by atoms with Gasteiger partial charge >= 0.3 is 5.97 Å². The molecule has 0 saturated heterocycles. The van der Waals surface area contributed by atoms with Crippen LogP contribution in [0.25, 0.3) is 0 Å². The minimum absolute atomic E-state index is 0.0527. The van der Waals surface area contributed by atoms with Crippen molar-refractivity contribution in [3.63, 3.8) is 0 Å². The van der Waals surface area contributed by atoms with Gasteiger partial charge in [-0.1, -0.05) is 0 Å². The van der Waals surface area contributed by atoms with E-state index in [1.54, 1.807) is 13.8 Å². The van der Waals surface area contributed by atoms with Crippen molar-refractivity contribution in [2.24, 2.45) is 5.92 Å². The molecule has 0 aliphatic heterocycles. The van der Waals surface area contributed by atoms with E-state index in [4.69, 9.17) is 9.84 Å². The van der Waals surface area contributed by atoms with Gasteiger partial charge in [0.1, 0.15) is 0 Å². The number of ether oxygens (including phenoxy) is 1. The zero-order chi connectivity index (χ0) is 16.8. The van der Waals surface area contributed by atoms with Crippen LogP contribution in [0.2, 0.25) is 0 Å². The summed E-state index contributed by atoms with van der Waals surface area (Å²) in [5.41, 5.74) is 0. The third-order valence-corrected chi connectivity index (χ3v) is 4.69. The quantitative estimate of drug-likeness (QED) is 0.531. The summed E-state index contributed by atoms with van der Waals surface area (Å²) in [5, 5.41) is 11.5. The molecule has 0 aromatic rings. The monoisotopic (exact) mass is 336 g/mol. The third kappa shape index (κ3) is 7.19. The molecule has 3 N–H and O–H groups in total. The van der Waals surface area contributed by atoms with Crippen molar-refractivity contribution in [1.82, 2.24) is 10.0 Å². The van der Waals surface area contributed by atoms with Gasteiger partial charge in [0.2, 0.25) is 15.9 Å². The van der Waals surface area contributed by atoms with E-state index in [1.807, 2.05) is 0 Å². The van der Waals surface area contributed by atoms with E-state index in [2.05, 4.69) is 10.0 Å². The molecule has 0 radical (unpaired) electrons. The van der Waals surface area contributed by atoms with Gasteiger partial charge < -0.3 is 15.2 Å². The van der Waals surface area contributed by atoms with Crippen molar-refractivity contribution in [2.75, 3.05) is 18.9 Å². The fraction of sp³-hybridized carbons (Fsp3) is 0.846. The zero-order valence-electron chi connectivity index (χ0n) is 12.9. The largest absolute Gasteiger partial charge is 0.481 e. The molecule has 1 rings (SSSR count). The van der Waals surface area contributed by atoms with Crippen LogP contribution >= 0.6 is 0 Å². The maximum atomic E-state index is 11.7. The van der Waals surface area contributed by atoms with Crippen molar-refractivity contribution >= 4 is 21.9 Å². The Morgan fingerprint density at radius 1 is 1.32 bits per heavy atom. The number of carbonyl (C=O) groups excluding carboxylic acids is 1. The number of aliphatic carboxylic acids is 1. The number of nitrogens with one attached hydrogen (secondary N) is 2. The highest BCUT2D eigenvalue weighted by Crippen LogP contribution is 2.25. The molecule has 8 nitrogen and oxygen atoms in total. The third-order valence-electron chi connectivity index (χ3n) is 3.40. The molecule has 1 aliphatic rings. The van der Waals surface area contributed by atoms with E-state index >= 15 is 0 Å². The van der Waals surface area contributed by atoms with E-state index in [9.17, 15) is 18.0 Å². The molecule has 0 aromatic carbocycles. The van der Waals surface area contributed by atoms with Crippen molar-refractivity contribution in [1.29, 1.82) is 0 Å². The normalized spacial score (nSPS) is 22.0. The minimum atomic E-state index is -3.56. The highest BCUT2D eigenvalue weighted by Gasteiger charge is 2.30. The lowest BCUT2D eigenvalue weighted by Gasteiger charge is -2.13. The van der Waals surface area contributed by atoms with Gasteiger partial charge in [-0.25, -0.2) is 13.1 Å². The molecule has 1 aliphatic carbocycles. The molecule has 128 valence electrons. The van der Waals surface area contributed by atoms with Crippen molar-refractivity contribution < 1.29 is 27.9 Å². The second kappa shape index (κ2) is 8.44. The Kier molecular flexibility index (Phi) is 7.24. The fourth-order valence-electron chi connectivity index (χ4n) is 2.26. The first kappa shape index (κ1) is 18.9. The van der Waals surface area contributed by atoms with E-state index in [0.29, 0.717) is 19.3 Å². The van der Waals surface area contributed by atoms with Crippen LogP contribution in [0.4, 0.5) is 0 Å². The van der Waals surface area contributed by atoms with Gasteiger partial charge in [-0.05, 0) is 33.1 Å². The first-order valence-electron chi connectivity index (χ1n) is 7.30. The molecule has 0 aromatic heterocycles. The number of carbonyl (C=O) groups is 2. The van der Waals surface area contributed by atoms with Crippen LogP contribution in [0.1, 0.15) is 33.1 Å². The topological polar surface area (TPSA) is 122 Å². The number of hydrogen-bond acceptors (Lipinski definition) is 5. The van der Waals surface area contributed by atoms with Crippen LogP contribution in [-0.4, -0.2) is 56.5 Å². The maximum absolute atomic E-state index is 11.7. The highest BCUT2D eigenvalue weighted by atomic mass is 32.2. The second-order valence-electron chi connectivity index (χ2n) is 5.67. The Hall–Kier alpha value is -1.19. The molecule has 1 fully saturated rings. The average molecular weight is 336 g/mol. The zero-order valence-corrected chi connectivity index (χ0v) is 13.7.